The monoisotopic (exact) mass is 389 g/mol. The first-order chi connectivity index (χ1) is 9.74. The van der Waals surface area contributed by atoms with Gasteiger partial charge in [-0.05, 0) is 40.5 Å². The minimum atomic E-state index is -3.12. The lowest BCUT2D eigenvalue weighted by atomic mass is 10.2. The highest BCUT2D eigenvalue weighted by Gasteiger charge is 2.09. The van der Waals surface area contributed by atoms with E-state index in [0.717, 1.165) is 10.2 Å². The van der Waals surface area contributed by atoms with Gasteiger partial charge in [0.15, 0.2) is 9.84 Å². The summed E-state index contributed by atoms with van der Waals surface area (Å²) in [5, 5.41) is 3.41. The Morgan fingerprint density at radius 3 is 2.67 bits per heavy atom. The van der Waals surface area contributed by atoms with Crippen molar-refractivity contribution in [3.8, 4) is 0 Å². The summed E-state index contributed by atoms with van der Waals surface area (Å²) in [6, 6.07) is 5.08. The molecule has 0 saturated heterocycles. The summed E-state index contributed by atoms with van der Waals surface area (Å²) >= 11 is 9.44. The molecule has 1 aromatic heterocycles. The highest BCUT2D eigenvalue weighted by molar-refractivity contribution is 9.10. The number of halogens is 2. The van der Waals surface area contributed by atoms with Crippen LogP contribution in [0.4, 0.5) is 11.6 Å². The largest absolute Gasteiger partial charge is 0.324 e. The van der Waals surface area contributed by atoms with Crippen LogP contribution in [0.1, 0.15) is 11.3 Å². The summed E-state index contributed by atoms with van der Waals surface area (Å²) in [5.41, 5.74) is 2.07. The Bertz CT molecular complexity index is 781. The number of benzene rings is 1. The maximum absolute atomic E-state index is 11.3. The van der Waals surface area contributed by atoms with E-state index in [1.807, 2.05) is 6.92 Å². The SMILES string of the molecule is Cc1nc(Nc2ccc(CS(C)(=O)=O)c(Cl)c2)ncc1Br. The number of hydrogen-bond acceptors (Lipinski definition) is 5. The minimum absolute atomic E-state index is 0.0833. The van der Waals surface area contributed by atoms with Crippen molar-refractivity contribution in [2.24, 2.45) is 0 Å². The van der Waals surface area contributed by atoms with Gasteiger partial charge in [0.1, 0.15) is 0 Å². The molecule has 5 nitrogen and oxygen atoms in total. The Morgan fingerprint density at radius 1 is 1.38 bits per heavy atom. The number of nitrogens with zero attached hydrogens (tertiary/aromatic N) is 2. The second-order valence-corrected chi connectivity index (χ2v) is 8.03. The standard InChI is InChI=1S/C13H13BrClN3O2S/c1-8-11(14)6-16-13(17-8)18-10-4-3-9(12(15)5-10)7-21(2,19)20/h3-6H,7H2,1-2H3,(H,16,17,18). The summed E-state index contributed by atoms with van der Waals surface area (Å²) in [5.74, 6) is 0.364. The molecule has 0 bridgehead atoms. The van der Waals surface area contributed by atoms with Gasteiger partial charge in [-0.25, -0.2) is 18.4 Å². The third-order valence-corrected chi connectivity index (χ3v) is 4.61. The van der Waals surface area contributed by atoms with Crippen LogP contribution in [-0.4, -0.2) is 24.6 Å². The molecule has 0 unspecified atom stereocenters. The van der Waals surface area contributed by atoms with Gasteiger partial charge in [-0.3, -0.25) is 0 Å². The zero-order valence-corrected chi connectivity index (χ0v) is 14.6. The van der Waals surface area contributed by atoms with Gasteiger partial charge in [-0.15, -0.1) is 0 Å². The molecule has 21 heavy (non-hydrogen) atoms. The third-order valence-electron chi connectivity index (χ3n) is 2.65. The van der Waals surface area contributed by atoms with Crippen LogP contribution in [0.25, 0.3) is 0 Å². The lowest BCUT2D eigenvalue weighted by Crippen LogP contribution is -2.02. The highest BCUT2D eigenvalue weighted by atomic mass is 79.9. The van der Waals surface area contributed by atoms with Crippen LogP contribution in [0.5, 0.6) is 0 Å². The zero-order valence-electron chi connectivity index (χ0n) is 11.4. The lowest BCUT2D eigenvalue weighted by Gasteiger charge is -2.09. The minimum Gasteiger partial charge on any atom is -0.324 e. The molecular formula is C13H13BrClN3O2S. The summed E-state index contributed by atoms with van der Waals surface area (Å²) in [7, 11) is -3.12. The van der Waals surface area contributed by atoms with E-state index < -0.39 is 9.84 Å². The normalized spacial score (nSPS) is 11.4. The average molecular weight is 391 g/mol. The maximum Gasteiger partial charge on any atom is 0.227 e. The first-order valence-corrected chi connectivity index (χ1v) is 9.20. The molecule has 0 atom stereocenters. The summed E-state index contributed by atoms with van der Waals surface area (Å²) in [4.78, 5) is 8.41. The van der Waals surface area contributed by atoms with Gasteiger partial charge < -0.3 is 5.32 Å². The van der Waals surface area contributed by atoms with E-state index in [2.05, 4.69) is 31.2 Å². The van der Waals surface area contributed by atoms with Crippen LogP contribution in [0.2, 0.25) is 5.02 Å². The fourth-order valence-corrected chi connectivity index (χ4v) is 3.00. The molecule has 0 saturated carbocycles. The first kappa shape index (κ1) is 16.2. The smallest absolute Gasteiger partial charge is 0.227 e. The van der Waals surface area contributed by atoms with Crippen molar-refractivity contribution in [3.63, 3.8) is 0 Å². The van der Waals surface area contributed by atoms with E-state index in [4.69, 9.17) is 11.6 Å². The van der Waals surface area contributed by atoms with Crippen molar-refractivity contribution in [1.82, 2.24) is 9.97 Å². The second-order valence-electron chi connectivity index (χ2n) is 4.63. The lowest BCUT2D eigenvalue weighted by molar-refractivity contribution is 0.601. The number of anilines is 2. The van der Waals surface area contributed by atoms with E-state index >= 15 is 0 Å². The van der Waals surface area contributed by atoms with Gasteiger partial charge in [0.05, 0.1) is 15.9 Å². The van der Waals surface area contributed by atoms with Crippen molar-refractivity contribution in [2.75, 3.05) is 11.6 Å². The second kappa shape index (κ2) is 6.29. The molecule has 2 aromatic rings. The van der Waals surface area contributed by atoms with Crippen molar-refractivity contribution < 1.29 is 8.42 Å². The molecule has 0 fully saturated rings. The Hall–Kier alpha value is -1.18. The molecule has 0 radical (unpaired) electrons. The zero-order chi connectivity index (χ0) is 15.6. The van der Waals surface area contributed by atoms with Crippen LogP contribution in [0.3, 0.4) is 0 Å². The summed E-state index contributed by atoms with van der Waals surface area (Å²) < 4.78 is 23.4. The number of hydrogen-bond donors (Lipinski definition) is 1. The molecule has 1 N–H and O–H groups in total. The van der Waals surface area contributed by atoms with Crippen molar-refractivity contribution in [1.29, 1.82) is 0 Å². The molecule has 8 heteroatoms. The molecule has 0 aliphatic rings. The molecule has 0 spiro atoms. The van der Waals surface area contributed by atoms with Crippen molar-refractivity contribution >= 4 is 49.0 Å². The molecule has 1 heterocycles. The maximum atomic E-state index is 11.3. The molecular weight excluding hydrogens is 378 g/mol. The Balaban J connectivity index is 2.22. The van der Waals surface area contributed by atoms with Gasteiger partial charge in [0.25, 0.3) is 0 Å². The van der Waals surface area contributed by atoms with Gasteiger partial charge in [-0.2, -0.15) is 0 Å². The molecule has 0 amide bonds. The van der Waals surface area contributed by atoms with Crippen LogP contribution in [0, 0.1) is 6.92 Å². The fraction of sp³-hybridized carbons (Fsp3) is 0.231. The molecule has 112 valence electrons. The quantitative estimate of drug-likeness (QED) is 0.865. The highest BCUT2D eigenvalue weighted by Crippen LogP contribution is 2.24. The Labute approximate surface area is 136 Å². The van der Waals surface area contributed by atoms with Crippen molar-refractivity contribution in [3.05, 3.63) is 45.1 Å². The number of aromatic nitrogens is 2. The van der Waals surface area contributed by atoms with E-state index in [-0.39, 0.29) is 5.75 Å². The van der Waals surface area contributed by atoms with E-state index in [1.165, 1.54) is 6.26 Å². The number of aryl methyl sites for hydroxylation is 1. The van der Waals surface area contributed by atoms with E-state index in [1.54, 1.807) is 24.4 Å². The van der Waals surface area contributed by atoms with E-state index in [9.17, 15) is 8.42 Å². The van der Waals surface area contributed by atoms with Crippen LogP contribution >= 0.6 is 27.5 Å². The number of nitrogens with one attached hydrogen (secondary N) is 1. The summed E-state index contributed by atoms with van der Waals surface area (Å²) in [6.45, 7) is 1.86. The fourth-order valence-electron chi connectivity index (χ4n) is 1.67. The predicted molar refractivity (Wildman–Crippen MR) is 87.8 cm³/mol. The van der Waals surface area contributed by atoms with Crippen LogP contribution in [0.15, 0.2) is 28.9 Å². The van der Waals surface area contributed by atoms with E-state index in [0.29, 0.717) is 22.2 Å². The molecule has 0 aliphatic heterocycles. The van der Waals surface area contributed by atoms with Crippen LogP contribution in [-0.2, 0) is 15.6 Å². The molecule has 2 rings (SSSR count). The first-order valence-electron chi connectivity index (χ1n) is 5.97. The number of sulfone groups is 1. The van der Waals surface area contributed by atoms with Crippen LogP contribution < -0.4 is 5.32 Å². The number of rotatable bonds is 4. The molecule has 1 aromatic carbocycles. The summed E-state index contributed by atoms with van der Waals surface area (Å²) in [6.07, 6.45) is 2.83. The van der Waals surface area contributed by atoms with Crippen molar-refractivity contribution in [2.45, 2.75) is 12.7 Å². The predicted octanol–water partition coefficient (Wildman–Crippen LogP) is 3.49. The third kappa shape index (κ3) is 4.66. The molecule has 0 aliphatic carbocycles. The Kier molecular flexibility index (Phi) is 4.85. The Morgan fingerprint density at radius 2 is 2.10 bits per heavy atom. The van der Waals surface area contributed by atoms with Gasteiger partial charge in [-0.1, -0.05) is 17.7 Å². The topological polar surface area (TPSA) is 72.0 Å². The van der Waals surface area contributed by atoms with Gasteiger partial charge in [0, 0.05) is 23.2 Å². The average Bonchev–Trinajstić information content (AvgIpc) is 2.36. The van der Waals surface area contributed by atoms with Gasteiger partial charge >= 0.3 is 0 Å². The van der Waals surface area contributed by atoms with Gasteiger partial charge in [0.2, 0.25) is 5.95 Å².